The van der Waals surface area contributed by atoms with Crippen LogP contribution in [0.4, 0.5) is 4.79 Å². The van der Waals surface area contributed by atoms with Gasteiger partial charge in [-0.1, -0.05) is 60.7 Å². The van der Waals surface area contributed by atoms with E-state index in [1.807, 2.05) is 76.2 Å². The highest BCUT2D eigenvalue weighted by Gasteiger charge is 2.39. The lowest BCUT2D eigenvalue weighted by Crippen LogP contribution is -2.45. The molecule has 2 atom stereocenters. The molecule has 36 heavy (non-hydrogen) atoms. The van der Waals surface area contributed by atoms with Gasteiger partial charge in [0.1, 0.15) is 5.60 Å². The molecular formula is C29H40N2O5. The van der Waals surface area contributed by atoms with Gasteiger partial charge in [-0.25, -0.2) is 4.79 Å². The number of benzene rings is 2. The third kappa shape index (κ3) is 9.28. The van der Waals surface area contributed by atoms with Crippen LogP contribution in [-0.4, -0.2) is 65.9 Å². The minimum atomic E-state index is -0.585. The van der Waals surface area contributed by atoms with Crippen LogP contribution in [0.15, 0.2) is 60.7 Å². The van der Waals surface area contributed by atoms with Gasteiger partial charge in [-0.05, 0) is 45.2 Å². The number of esters is 1. The van der Waals surface area contributed by atoms with Crippen LogP contribution < -0.4 is 0 Å². The van der Waals surface area contributed by atoms with Crippen molar-refractivity contribution in [2.75, 3.05) is 26.2 Å². The van der Waals surface area contributed by atoms with E-state index in [4.69, 9.17) is 14.2 Å². The van der Waals surface area contributed by atoms with Crippen molar-refractivity contribution in [3.8, 4) is 0 Å². The Morgan fingerprint density at radius 2 is 1.64 bits per heavy atom. The van der Waals surface area contributed by atoms with Crippen LogP contribution in [0.5, 0.6) is 0 Å². The molecular weight excluding hydrogens is 456 g/mol. The van der Waals surface area contributed by atoms with Crippen LogP contribution in [0, 0.1) is 0 Å². The summed E-state index contributed by atoms with van der Waals surface area (Å²) in [6.07, 6.45) is 0.583. The average molecular weight is 497 g/mol. The number of hydrogen-bond acceptors (Lipinski definition) is 6. The van der Waals surface area contributed by atoms with Crippen LogP contribution in [0.25, 0.3) is 0 Å². The van der Waals surface area contributed by atoms with Crippen LogP contribution in [0.1, 0.15) is 51.7 Å². The van der Waals surface area contributed by atoms with Crippen LogP contribution in [0.3, 0.4) is 0 Å². The van der Waals surface area contributed by atoms with Crippen molar-refractivity contribution in [3.63, 3.8) is 0 Å². The summed E-state index contributed by atoms with van der Waals surface area (Å²) in [6.45, 7) is 10.6. The molecule has 7 nitrogen and oxygen atoms in total. The average Bonchev–Trinajstić information content (AvgIpc) is 3.24. The number of carbonyl (C=O) groups excluding carboxylic acids is 2. The lowest BCUT2D eigenvalue weighted by atomic mass is 10.1. The van der Waals surface area contributed by atoms with Crippen molar-refractivity contribution in [3.05, 3.63) is 71.8 Å². The Morgan fingerprint density at radius 1 is 1.00 bits per heavy atom. The fourth-order valence-electron chi connectivity index (χ4n) is 4.36. The van der Waals surface area contributed by atoms with E-state index in [1.54, 1.807) is 4.90 Å². The summed E-state index contributed by atoms with van der Waals surface area (Å²) in [7, 11) is 0. The van der Waals surface area contributed by atoms with E-state index in [-0.39, 0.29) is 24.2 Å². The molecule has 1 amide bonds. The predicted octanol–water partition coefficient (Wildman–Crippen LogP) is 5.04. The Morgan fingerprint density at radius 3 is 2.25 bits per heavy atom. The zero-order chi connectivity index (χ0) is 26.0. The van der Waals surface area contributed by atoms with Crippen molar-refractivity contribution in [1.29, 1.82) is 0 Å². The first kappa shape index (κ1) is 27.7. The molecule has 1 aliphatic heterocycles. The highest BCUT2D eigenvalue weighted by molar-refractivity contribution is 5.70. The topological polar surface area (TPSA) is 68.3 Å². The van der Waals surface area contributed by atoms with Gasteiger partial charge in [0, 0.05) is 19.6 Å². The monoisotopic (exact) mass is 496 g/mol. The minimum Gasteiger partial charge on any atom is -0.466 e. The molecule has 2 aromatic rings. The summed E-state index contributed by atoms with van der Waals surface area (Å²) in [6, 6.07) is 20.1. The first-order valence-corrected chi connectivity index (χ1v) is 12.8. The van der Waals surface area contributed by atoms with E-state index < -0.39 is 5.60 Å². The number of carbonyl (C=O) groups is 2. The summed E-state index contributed by atoms with van der Waals surface area (Å²) in [5.41, 5.74) is 1.67. The van der Waals surface area contributed by atoms with E-state index >= 15 is 0 Å². The van der Waals surface area contributed by atoms with Crippen molar-refractivity contribution < 1.29 is 23.8 Å². The molecule has 0 radical (unpaired) electrons. The molecule has 0 saturated carbocycles. The summed E-state index contributed by atoms with van der Waals surface area (Å²) in [4.78, 5) is 29.2. The molecule has 2 aromatic carbocycles. The second-order valence-corrected chi connectivity index (χ2v) is 10.2. The maximum absolute atomic E-state index is 13.1. The first-order valence-electron chi connectivity index (χ1n) is 12.8. The van der Waals surface area contributed by atoms with Crippen molar-refractivity contribution in [2.24, 2.45) is 0 Å². The smallest absolute Gasteiger partial charge is 0.410 e. The summed E-state index contributed by atoms with van der Waals surface area (Å²) < 4.78 is 17.1. The molecule has 0 bridgehead atoms. The molecule has 0 unspecified atom stereocenters. The Balaban J connectivity index is 1.72. The number of amides is 1. The van der Waals surface area contributed by atoms with Gasteiger partial charge in [0.25, 0.3) is 0 Å². The number of nitrogens with zero attached hydrogens (tertiary/aromatic N) is 2. The number of ether oxygens (including phenoxy) is 3. The Hall–Kier alpha value is -2.90. The van der Waals surface area contributed by atoms with Crippen molar-refractivity contribution in [1.82, 2.24) is 9.80 Å². The zero-order valence-electron chi connectivity index (χ0n) is 22.0. The number of likely N-dealkylation sites (tertiary alicyclic amines) is 1. The van der Waals surface area contributed by atoms with Crippen LogP contribution in [0.2, 0.25) is 0 Å². The SMILES string of the molecule is CCOC(=O)CCN(Cc1ccccc1)C[C@H]1C[C@@H](OCc2ccccc2)CN1C(=O)OC(C)(C)C. The lowest BCUT2D eigenvalue weighted by molar-refractivity contribution is -0.143. The lowest BCUT2D eigenvalue weighted by Gasteiger charge is -2.32. The third-order valence-electron chi connectivity index (χ3n) is 5.99. The number of hydrogen-bond donors (Lipinski definition) is 0. The van der Waals surface area contributed by atoms with Crippen molar-refractivity contribution in [2.45, 2.75) is 71.4 Å². The molecule has 0 N–H and O–H groups in total. The van der Waals surface area contributed by atoms with E-state index in [0.717, 1.165) is 11.1 Å². The predicted molar refractivity (Wildman–Crippen MR) is 139 cm³/mol. The molecule has 7 heteroatoms. The Labute approximate surface area is 215 Å². The molecule has 0 aromatic heterocycles. The van der Waals surface area contributed by atoms with E-state index in [0.29, 0.717) is 52.2 Å². The van der Waals surface area contributed by atoms with Gasteiger partial charge >= 0.3 is 12.1 Å². The molecule has 1 saturated heterocycles. The minimum absolute atomic E-state index is 0.0912. The highest BCUT2D eigenvalue weighted by atomic mass is 16.6. The maximum Gasteiger partial charge on any atom is 0.410 e. The van der Waals surface area contributed by atoms with Gasteiger partial charge in [-0.3, -0.25) is 9.69 Å². The fourth-order valence-corrected chi connectivity index (χ4v) is 4.36. The van der Waals surface area contributed by atoms with Crippen LogP contribution in [-0.2, 0) is 32.2 Å². The summed E-state index contributed by atoms with van der Waals surface area (Å²) >= 11 is 0. The van der Waals surface area contributed by atoms with Gasteiger partial charge in [-0.2, -0.15) is 0 Å². The Kier molecular flexibility index (Phi) is 10.3. The van der Waals surface area contributed by atoms with E-state index in [9.17, 15) is 9.59 Å². The highest BCUT2D eigenvalue weighted by Crippen LogP contribution is 2.25. The van der Waals surface area contributed by atoms with E-state index in [1.165, 1.54) is 0 Å². The first-order chi connectivity index (χ1) is 17.2. The molecule has 1 heterocycles. The third-order valence-corrected chi connectivity index (χ3v) is 5.99. The molecule has 3 rings (SSSR count). The Bertz CT molecular complexity index is 945. The second-order valence-electron chi connectivity index (χ2n) is 10.2. The van der Waals surface area contributed by atoms with Crippen molar-refractivity contribution >= 4 is 12.1 Å². The molecule has 1 fully saturated rings. The molecule has 0 spiro atoms. The largest absolute Gasteiger partial charge is 0.466 e. The summed E-state index contributed by atoms with van der Waals surface area (Å²) in [5.74, 6) is -0.213. The number of rotatable bonds is 11. The standard InChI is InChI=1S/C29H40N2O5/c1-5-34-27(32)16-17-30(19-23-12-8-6-9-13-23)20-25-18-26(35-22-24-14-10-7-11-15-24)21-31(25)28(33)36-29(2,3)4/h6-15,25-26H,5,16-22H2,1-4H3/t25-,26-/m1/s1. The van der Waals surface area contributed by atoms with Crippen LogP contribution >= 0.6 is 0 Å². The van der Waals surface area contributed by atoms with Gasteiger partial charge in [-0.15, -0.1) is 0 Å². The normalized spacial score (nSPS) is 17.9. The maximum atomic E-state index is 13.1. The zero-order valence-corrected chi connectivity index (χ0v) is 22.0. The second kappa shape index (κ2) is 13.4. The quantitative estimate of drug-likeness (QED) is 0.406. The van der Waals surface area contributed by atoms with E-state index in [2.05, 4.69) is 17.0 Å². The van der Waals surface area contributed by atoms with Gasteiger partial charge in [0.05, 0.1) is 38.3 Å². The molecule has 196 valence electrons. The molecule has 1 aliphatic rings. The summed E-state index contributed by atoms with van der Waals surface area (Å²) in [5, 5.41) is 0. The van der Waals surface area contributed by atoms with Gasteiger partial charge in [0.15, 0.2) is 0 Å². The van der Waals surface area contributed by atoms with Gasteiger partial charge < -0.3 is 19.1 Å². The fraction of sp³-hybridized carbons (Fsp3) is 0.517. The molecule has 0 aliphatic carbocycles. The van der Waals surface area contributed by atoms with Gasteiger partial charge in [0.2, 0.25) is 0 Å².